The number of hydrogen-bond donors (Lipinski definition) is 4. The van der Waals surface area contributed by atoms with Gasteiger partial charge in [-0.3, -0.25) is 9.48 Å². The number of hydrogen-bond acceptors (Lipinski definition) is 4. The Hall–Kier alpha value is -3.03. The van der Waals surface area contributed by atoms with Gasteiger partial charge in [0.2, 0.25) is 5.91 Å². The normalized spacial score (nSPS) is 11.2. The lowest BCUT2D eigenvalue weighted by Crippen LogP contribution is -2.38. The minimum absolute atomic E-state index is 0.00929. The van der Waals surface area contributed by atoms with Crippen molar-refractivity contribution in [2.24, 2.45) is 4.99 Å². The summed E-state index contributed by atoms with van der Waals surface area (Å²) in [4.78, 5) is 16.2. The van der Waals surface area contributed by atoms with Crippen molar-refractivity contribution < 1.29 is 9.90 Å². The Labute approximate surface area is 147 Å². The highest BCUT2D eigenvalue weighted by Gasteiger charge is 2.03. The molecule has 0 aliphatic carbocycles. The van der Waals surface area contributed by atoms with Gasteiger partial charge in [0.1, 0.15) is 12.3 Å². The molecule has 1 aromatic heterocycles. The first-order chi connectivity index (χ1) is 12.2. The monoisotopic (exact) mass is 344 g/mol. The summed E-state index contributed by atoms with van der Waals surface area (Å²) >= 11 is 0. The first-order valence-electron chi connectivity index (χ1n) is 8.26. The number of amides is 1. The van der Waals surface area contributed by atoms with Gasteiger partial charge < -0.3 is 21.1 Å². The lowest BCUT2D eigenvalue weighted by molar-refractivity contribution is -0.114. The molecule has 0 aliphatic rings. The number of guanidine groups is 1. The third-order valence-corrected chi connectivity index (χ3v) is 3.29. The number of nitrogens with zero attached hydrogens (tertiary/aromatic N) is 3. The molecule has 8 nitrogen and oxygen atoms in total. The lowest BCUT2D eigenvalue weighted by atomic mass is 10.3. The summed E-state index contributed by atoms with van der Waals surface area (Å²) in [6.45, 7) is 4.24. The van der Waals surface area contributed by atoms with E-state index in [1.165, 1.54) is 12.1 Å². The van der Waals surface area contributed by atoms with Crippen LogP contribution < -0.4 is 16.0 Å². The summed E-state index contributed by atoms with van der Waals surface area (Å²) in [6.07, 6.45) is 4.57. The minimum atomic E-state index is -0.223. The molecule has 1 heterocycles. The van der Waals surface area contributed by atoms with Gasteiger partial charge in [-0.25, -0.2) is 4.99 Å². The molecule has 1 aromatic carbocycles. The zero-order valence-corrected chi connectivity index (χ0v) is 14.3. The molecule has 0 spiro atoms. The fourth-order valence-electron chi connectivity index (χ4n) is 2.12. The third-order valence-electron chi connectivity index (χ3n) is 3.29. The third kappa shape index (κ3) is 6.94. The molecule has 0 bridgehead atoms. The second-order valence-corrected chi connectivity index (χ2v) is 5.34. The molecule has 0 atom stereocenters. The fraction of sp³-hybridized carbons (Fsp3) is 0.353. The van der Waals surface area contributed by atoms with Crippen molar-refractivity contribution in [3.63, 3.8) is 0 Å². The molecule has 2 aromatic rings. The lowest BCUT2D eigenvalue weighted by Gasteiger charge is -2.11. The first-order valence-corrected chi connectivity index (χ1v) is 8.26. The summed E-state index contributed by atoms with van der Waals surface area (Å²) in [5.74, 6) is 0.535. The van der Waals surface area contributed by atoms with Gasteiger partial charge in [-0.2, -0.15) is 5.10 Å². The molecule has 2 rings (SSSR count). The molecule has 25 heavy (non-hydrogen) atoms. The number of aromatic hydroxyl groups is 1. The largest absolute Gasteiger partial charge is 0.508 e. The quantitative estimate of drug-likeness (QED) is 0.249. The zero-order chi connectivity index (χ0) is 17.9. The summed E-state index contributed by atoms with van der Waals surface area (Å²) in [6, 6.07) is 8.20. The molecule has 1 amide bonds. The maximum atomic E-state index is 11.9. The molecule has 0 aliphatic heterocycles. The van der Waals surface area contributed by atoms with E-state index in [1.807, 2.05) is 23.9 Å². The van der Waals surface area contributed by atoms with Gasteiger partial charge in [0.05, 0.1) is 0 Å². The summed E-state index contributed by atoms with van der Waals surface area (Å²) in [5, 5.41) is 22.4. The number of phenolic OH excluding ortho intramolecular Hbond substituents is 1. The van der Waals surface area contributed by atoms with Gasteiger partial charge in [0.15, 0.2) is 5.96 Å². The fourth-order valence-corrected chi connectivity index (χ4v) is 2.12. The van der Waals surface area contributed by atoms with Crippen LogP contribution in [0.1, 0.15) is 13.3 Å². The topological polar surface area (TPSA) is 104 Å². The average Bonchev–Trinajstić information content (AvgIpc) is 3.12. The van der Waals surface area contributed by atoms with E-state index in [4.69, 9.17) is 0 Å². The van der Waals surface area contributed by atoms with Crippen LogP contribution >= 0.6 is 0 Å². The molecule has 134 valence electrons. The predicted molar refractivity (Wildman–Crippen MR) is 97.6 cm³/mol. The maximum Gasteiger partial charge on any atom is 0.246 e. The molecule has 8 heteroatoms. The van der Waals surface area contributed by atoms with E-state index in [-0.39, 0.29) is 18.2 Å². The van der Waals surface area contributed by atoms with Gasteiger partial charge >= 0.3 is 0 Å². The van der Waals surface area contributed by atoms with E-state index in [0.29, 0.717) is 18.2 Å². The highest BCUT2D eigenvalue weighted by molar-refractivity contribution is 5.94. The number of rotatable bonds is 8. The molecule has 0 unspecified atom stereocenters. The van der Waals surface area contributed by atoms with Gasteiger partial charge in [-0.1, -0.05) is 0 Å². The van der Waals surface area contributed by atoms with Crippen molar-refractivity contribution >= 4 is 17.6 Å². The van der Waals surface area contributed by atoms with E-state index in [9.17, 15) is 9.90 Å². The Kier molecular flexibility index (Phi) is 7.30. The van der Waals surface area contributed by atoms with Crippen LogP contribution in [0.3, 0.4) is 0 Å². The molecule has 0 saturated carbocycles. The van der Waals surface area contributed by atoms with Gasteiger partial charge in [-0.05, 0) is 43.7 Å². The van der Waals surface area contributed by atoms with Gasteiger partial charge in [0.25, 0.3) is 0 Å². The van der Waals surface area contributed by atoms with Gasteiger partial charge in [-0.15, -0.1) is 0 Å². The molecule has 0 radical (unpaired) electrons. The van der Waals surface area contributed by atoms with Crippen LogP contribution in [0.2, 0.25) is 0 Å². The van der Waals surface area contributed by atoms with Crippen molar-refractivity contribution in [2.75, 3.05) is 25.0 Å². The maximum absolute atomic E-state index is 11.9. The number of aryl methyl sites for hydroxylation is 1. The molecular weight excluding hydrogens is 320 g/mol. The number of aliphatic imine (C=N–C) groups is 1. The Bertz CT molecular complexity index is 667. The van der Waals surface area contributed by atoms with E-state index < -0.39 is 0 Å². The Morgan fingerprint density at radius 2 is 2.08 bits per heavy atom. The number of benzene rings is 1. The van der Waals surface area contributed by atoms with Crippen LogP contribution in [-0.4, -0.2) is 46.4 Å². The van der Waals surface area contributed by atoms with Crippen molar-refractivity contribution in [1.82, 2.24) is 20.4 Å². The molecule has 0 fully saturated rings. The zero-order valence-electron chi connectivity index (χ0n) is 14.3. The standard InChI is InChI=1S/C17H24N6O2/c1-2-18-17(19-9-3-11-23-12-4-10-21-23)20-13-16(25)22-14-5-7-15(24)8-6-14/h4-8,10,12,24H,2-3,9,11,13H2,1H3,(H,22,25)(H2,18,19,20). The number of nitrogens with one attached hydrogen (secondary N) is 3. The van der Waals surface area contributed by atoms with Crippen LogP contribution in [0, 0.1) is 0 Å². The van der Waals surface area contributed by atoms with Crippen LogP contribution in [-0.2, 0) is 11.3 Å². The van der Waals surface area contributed by atoms with Crippen LogP contribution in [0.15, 0.2) is 47.7 Å². The summed E-state index contributed by atoms with van der Waals surface area (Å²) in [5.41, 5.74) is 0.621. The highest BCUT2D eigenvalue weighted by atomic mass is 16.3. The summed E-state index contributed by atoms with van der Waals surface area (Å²) < 4.78 is 1.87. The average molecular weight is 344 g/mol. The number of carbonyl (C=O) groups excluding carboxylic acids is 1. The molecule has 4 N–H and O–H groups in total. The van der Waals surface area contributed by atoms with Crippen molar-refractivity contribution in [1.29, 1.82) is 0 Å². The van der Waals surface area contributed by atoms with Crippen LogP contribution in [0.25, 0.3) is 0 Å². The second-order valence-electron chi connectivity index (χ2n) is 5.34. The Balaban J connectivity index is 1.75. The Morgan fingerprint density at radius 3 is 2.76 bits per heavy atom. The minimum Gasteiger partial charge on any atom is -0.508 e. The number of carbonyl (C=O) groups is 1. The van der Waals surface area contributed by atoms with E-state index in [0.717, 1.165) is 19.5 Å². The molecular formula is C17H24N6O2. The molecule has 0 saturated heterocycles. The van der Waals surface area contributed by atoms with Crippen molar-refractivity contribution in [3.8, 4) is 5.75 Å². The first kappa shape index (κ1) is 18.3. The van der Waals surface area contributed by atoms with Crippen molar-refractivity contribution in [2.45, 2.75) is 19.9 Å². The number of anilines is 1. The van der Waals surface area contributed by atoms with Crippen molar-refractivity contribution in [3.05, 3.63) is 42.7 Å². The van der Waals surface area contributed by atoms with Crippen LogP contribution in [0.4, 0.5) is 5.69 Å². The highest BCUT2D eigenvalue weighted by Crippen LogP contribution is 2.13. The van der Waals surface area contributed by atoms with Crippen LogP contribution in [0.5, 0.6) is 5.75 Å². The van der Waals surface area contributed by atoms with E-state index >= 15 is 0 Å². The summed E-state index contributed by atoms with van der Waals surface area (Å²) in [7, 11) is 0. The smallest absolute Gasteiger partial charge is 0.246 e. The second kappa shape index (κ2) is 9.96. The Morgan fingerprint density at radius 1 is 1.28 bits per heavy atom. The SMILES string of the molecule is CCNC(=NCC(=O)Nc1ccc(O)cc1)NCCCn1cccn1. The predicted octanol–water partition coefficient (Wildman–Crippen LogP) is 1.17. The number of phenols is 1. The van der Waals surface area contributed by atoms with E-state index in [1.54, 1.807) is 18.3 Å². The van der Waals surface area contributed by atoms with Gasteiger partial charge in [0, 0.05) is 37.7 Å². The number of aromatic nitrogens is 2. The van der Waals surface area contributed by atoms with E-state index in [2.05, 4.69) is 26.0 Å².